The molecule has 0 radical (unpaired) electrons. The van der Waals surface area contributed by atoms with Gasteiger partial charge in [0.15, 0.2) is 5.60 Å². The van der Waals surface area contributed by atoms with E-state index in [1.165, 1.54) is 0 Å². The predicted molar refractivity (Wildman–Crippen MR) is 81.5 cm³/mol. The molecule has 0 amide bonds. The molecule has 1 atom stereocenters. The zero-order valence-corrected chi connectivity index (χ0v) is 13.0. The standard InChI is InChI=1S/C17H22O4/c1-5-8-9-10-12-17(4)15(18)14(16(19)20-7-3)13(21-17)11-6-2/h6,8-12H,5,7H2,1-4H3/b9-8+,11-6+,12-10+/t17-/m0/s1. The van der Waals surface area contributed by atoms with Gasteiger partial charge in [-0.2, -0.15) is 0 Å². The third kappa shape index (κ3) is 3.94. The van der Waals surface area contributed by atoms with Gasteiger partial charge < -0.3 is 9.47 Å². The van der Waals surface area contributed by atoms with Gasteiger partial charge in [-0.1, -0.05) is 31.2 Å². The minimum atomic E-state index is -1.17. The van der Waals surface area contributed by atoms with E-state index < -0.39 is 11.6 Å². The molecule has 0 fully saturated rings. The number of carbonyl (C=O) groups is 2. The van der Waals surface area contributed by atoms with Crippen molar-refractivity contribution < 1.29 is 19.1 Å². The van der Waals surface area contributed by atoms with Gasteiger partial charge in [-0.3, -0.25) is 4.79 Å². The highest BCUT2D eigenvalue weighted by Crippen LogP contribution is 2.33. The van der Waals surface area contributed by atoms with Crippen LogP contribution in [0.2, 0.25) is 0 Å². The highest BCUT2D eigenvalue weighted by Gasteiger charge is 2.46. The van der Waals surface area contributed by atoms with Crippen LogP contribution in [0, 0.1) is 0 Å². The fraction of sp³-hybridized carbons (Fsp3) is 0.412. The Kier molecular flexibility index (Phi) is 6.15. The van der Waals surface area contributed by atoms with Crippen LogP contribution in [-0.4, -0.2) is 24.0 Å². The topological polar surface area (TPSA) is 52.6 Å². The summed E-state index contributed by atoms with van der Waals surface area (Å²) < 4.78 is 10.6. The largest absolute Gasteiger partial charge is 0.474 e. The number of ether oxygens (including phenoxy) is 2. The van der Waals surface area contributed by atoms with E-state index in [0.29, 0.717) is 0 Å². The number of ketones is 1. The molecular formula is C17H22O4. The zero-order valence-electron chi connectivity index (χ0n) is 13.0. The molecule has 1 aliphatic rings. The maximum atomic E-state index is 12.5. The molecule has 0 N–H and O–H groups in total. The van der Waals surface area contributed by atoms with Crippen molar-refractivity contribution in [3.63, 3.8) is 0 Å². The first-order chi connectivity index (χ1) is 10.00. The van der Waals surface area contributed by atoms with Crippen molar-refractivity contribution in [3.8, 4) is 0 Å². The maximum absolute atomic E-state index is 12.5. The van der Waals surface area contributed by atoms with Crippen LogP contribution in [0.5, 0.6) is 0 Å². The third-order valence-electron chi connectivity index (χ3n) is 2.94. The Morgan fingerprint density at radius 3 is 2.62 bits per heavy atom. The van der Waals surface area contributed by atoms with E-state index in [9.17, 15) is 9.59 Å². The van der Waals surface area contributed by atoms with Gasteiger partial charge in [0.1, 0.15) is 11.3 Å². The molecule has 1 aliphatic heterocycles. The highest BCUT2D eigenvalue weighted by molar-refractivity contribution is 6.23. The van der Waals surface area contributed by atoms with Crippen molar-refractivity contribution in [2.24, 2.45) is 0 Å². The van der Waals surface area contributed by atoms with E-state index >= 15 is 0 Å². The average Bonchev–Trinajstić information content (AvgIpc) is 2.68. The minimum Gasteiger partial charge on any atom is -0.474 e. The van der Waals surface area contributed by atoms with Gasteiger partial charge >= 0.3 is 5.97 Å². The Morgan fingerprint density at radius 2 is 2.05 bits per heavy atom. The first kappa shape index (κ1) is 17.0. The molecule has 1 rings (SSSR count). The van der Waals surface area contributed by atoms with E-state index in [1.807, 2.05) is 19.1 Å². The maximum Gasteiger partial charge on any atom is 0.345 e. The summed E-state index contributed by atoms with van der Waals surface area (Å²) in [4.78, 5) is 24.5. The monoisotopic (exact) mass is 290 g/mol. The quantitative estimate of drug-likeness (QED) is 0.428. The van der Waals surface area contributed by atoms with E-state index in [0.717, 1.165) is 6.42 Å². The lowest BCUT2D eigenvalue weighted by Crippen LogP contribution is -2.33. The SMILES string of the molecule is C/C=C/C1=C(C(=O)OCC)C(=O)[C@](C)(/C=C/C=C/CC)O1. The van der Waals surface area contributed by atoms with Gasteiger partial charge in [-0.25, -0.2) is 4.79 Å². The second-order valence-corrected chi connectivity index (χ2v) is 4.69. The van der Waals surface area contributed by atoms with Crippen LogP contribution >= 0.6 is 0 Å². The van der Waals surface area contributed by atoms with E-state index in [4.69, 9.17) is 9.47 Å². The van der Waals surface area contributed by atoms with Crippen molar-refractivity contribution in [1.82, 2.24) is 0 Å². The van der Waals surface area contributed by atoms with Gasteiger partial charge in [0, 0.05) is 0 Å². The van der Waals surface area contributed by atoms with E-state index in [2.05, 4.69) is 0 Å². The van der Waals surface area contributed by atoms with Gasteiger partial charge in [-0.05, 0) is 39.3 Å². The molecule has 4 heteroatoms. The normalized spacial score (nSPS) is 22.8. The molecule has 0 bridgehead atoms. The molecular weight excluding hydrogens is 268 g/mol. The molecule has 4 nitrogen and oxygen atoms in total. The second kappa shape index (κ2) is 7.62. The van der Waals surface area contributed by atoms with Crippen molar-refractivity contribution in [1.29, 1.82) is 0 Å². The lowest BCUT2D eigenvalue weighted by molar-refractivity contribution is -0.140. The fourth-order valence-corrected chi connectivity index (χ4v) is 1.91. The summed E-state index contributed by atoms with van der Waals surface area (Å²) in [7, 11) is 0. The van der Waals surface area contributed by atoms with Crippen LogP contribution < -0.4 is 0 Å². The predicted octanol–water partition coefficient (Wildman–Crippen LogP) is 3.26. The molecule has 0 aliphatic carbocycles. The molecule has 0 unspecified atom stereocenters. The summed E-state index contributed by atoms with van der Waals surface area (Å²) >= 11 is 0. The molecule has 114 valence electrons. The summed E-state index contributed by atoms with van der Waals surface area (Å²) in [5.74, 6) is -0.764. The van der Waals surface area contributed by atoms with Crippen LogP contribution in [0.15, 0.2) is 47.8 Å². The Labute approximate surface area is 125 Å². The number of allylic oxidation sites excluding steroid dienone is 5. The first-order valence-electron chi connectivity index (χ1n) is 7.12. The van der Waals surface area contributed by atoms with Crippen LogP contribution in [0.4, 0.5) is 0 Å². The molecule has 0 aromatic rings. The fourth-order valence-electron chi connectivity index (χ4n) is 1.91. The third-order valence-corrected chi connectivity index (χ3v) is 2.94. The molecule has 1 heterocycles. The van der Waals surface area contributed by atoms with Crippen LogP contribution in [0.25, 0.3) is 0 Å². The Morgan fingerprint density at radius 1 is 1.33 bits per heavy atom. The van der Waals surface area contributed by atoms with E-state index in [1.54, 1.807) is 45.1 Å². The molecule has 0 saturated carbocycles. The smallest absolute Gasteiger partial charge is 0.345 e. The Hall–Kier alpha value is -2.10. The van der Waals surface area contributed by atoms with Gasteiger partial charge in [0.2, 0.25) is 5.78 Å². The molecule has 0 aromatic heterocycles. The number of esters is 1. The van der Waals surface area contributed by atoms with Crippen LogP contribution in [-0.2, 0) is 19.1 Å². The lowest BCUT2D eigenvalue weighted by Gasteiger charge is -2.18. The summed E-state index contributed by atoms with van der Waals surface area (Å²) in [6, 6.07) is 0. The van der Waals surface area contributed by atoms with Crippen LogP contribution in [0.1, 0.15) is 34.1 Å². The molecule has 0 spiro atoms. The van der Waals surface area contributed by atoms with Gasteiger partial charge in [0.05, 0.1) is 6.61 Å². The zero-order chi connectivity index (χ0) is 15.9. The number of hydrogen-bond donors (Lipinski definition) is 0. The molecule has 0 saturated heterocycles. The van der Waals surface area contributed by atoms with Crippen molar-refractivity contribution in [3.05, 3.63) is 47.8 Å². The Bertz CT molecular complexity index is 523. The highest BCUT2D eigenvalue weighted by atomic mass is 16.5. The number of hydrogen-bond acceptors (Lipinski definition) is 4. The average molecular weight is 290 g/mol. The van der Waals surface area contributed by atoms with Gasteiger partial charge in [0.25, 0.3) is 0 Å². The van der Waals surface area contributed by atoms with Crippen molar-refractivity contribution in [2.75, 3.05) is 6.61 Å². The number of carbonyl (C=O) groups excluding carboxylic acids is 2. The van der Waals surface area contributed by atoms with Gasteiger partial charge in [-0.15, -0.1) is 0 Å². The molecule has 0 aromatic carbocycles. The summed E-state index contributed by atoms with van der Waals surface area (Å²) in [5, 5.41) is 0. The first-order valence-corrected chi connectivity index (χ1v) is 7.12. The van der Waals surface area contributed by atoms with E-state index in [-0.39, 0.29) is 23.7 Å². The number of Topliss-reactive ketones (excluding diaryl/α,β-unsaturated/α-hetero) is 1. The molecule has 21 heavy (non-hydrogen) atoms. The number of rotatable bonds is 6. The summed E-state index contributed by atoms with van der Waals surface area (Å²) in [6.07, 6.45) is 11.4. The van der Waals surface area contributed by atoms with Crippen LogP contribution in [0.3, 0.4) is 0 Å². The van der Waals surface area contributed by atoms with Crippen molar-refractivity contribution >= 4 is 11.8 Å². The second-order valence-electron chi connectivity index (χ2n) is 4.69. The Balaban J connectivity index is 3.08. The summed E-state index contributed by atoms with van der Waals surface area (Å²) in [6.45, 7) is 7.36. The lowest BCUT2D eigenvalue weighted by atomic mass is 9.96. The minimum absolute atomic E-state index is 0.0263. The summed E-state index contributed by atoms with van der Waals surface area (Å²) in [5.41, 5.74) is -1.20. The van der Waals surface area contributed by atoms with Crippen molar-refractivity contribution in [2.45, 2.75) is 39.7 Å².